The summed E-state index contributed by atoms with van der Waals surface area (Å²) in [5.74, 6) is 1.50. The third-order valence-corrected chi connectivity index (χ3v) is 1.96. The molecule has 15 heavy (non-hydrogen) atoms. The predicted molar refractivity (Wildman–Crippen MR) is 60.8 cm³/mol. The Kier molecular flexibility index (Phi) is 5.70. The number of nitrogens with zero attached hydrogens (tertiary/aromatic N) is 2. The van der Waals surface area contributed by atoms with Crippen LogP contribution in [0.2, 0.25) is 0 Å². The van der Waals surface area contributed by atoms with Crippen molar-refractivity contribution in [1.82, 2.24) is 9.97 Å². The van der Waals surface area contributed by atoms with Crippen LogP contribution in [0.25, 0.3) is 0 Å². The second-order valence-corrected chi connectivity index (χ2v) is 3.81. The molecule has 0 aliphatic rings. The van der Waals surface area contributed by atoms with Crippen LogP contribution in [0.4, 0.5) is 5.82 Å². The van der Waals surface area contributed by atoms with Gasteiger partial charge in [0.15, 0.2) is 0 Å². The minimum absolute atomic E-state index is 0.706. The van der Waals surface area contributed by atoms with Gasteiger partial charge < -0.3 is 10.1 Å². The van der Waals surface area contributed by atoms with Gasteiger partial charge in [0.1, 0.15) is 5.82 Å². The van der Waals surface area contributed by atoms with Crippen LogP contribution in [0, 0.1) is 5.92 Å². The molecule has 0 unspecified atom stereocenters. The van der Waals surface area contributed by atoms with E-state index in [1.165, 1.54) is 0 Å². The average Bonchev–Trinajstić information content (AvgIpc) is 2.24. The summed E-state index contributed by atoms with van der Waals surface area (Å²) in [6.45, 7) is 6.71. The van der Waals surface area contributed by atoms with Gasteiger partial charge in [0.2, 0.25) is 0 Å². The molecule has 0 aliphatic heterocycles. The smallest absolute Gasteiger partial charge is 0.144 e. The third kappa shape index (κ3) is 6.01. The molecule has 4 nitrogen and oxygen atoms in total. The lowest BCUT2D eigenvalue weighted by atomic mass is 10.1. The standard InChI is InChI=1S/C11H19N3O/c1-10(2)3-7-15-8-6-14-11-9-12-4-5-13-11/h4-5,9-10H,3,6-8H2,1-2H3,(H,13,14). The Morgan fingerprint density at radius 2 is 2.20 bits per heavy atom. The van der Waals surface area contributed by atoms with Crippen LogP contribution < -0.4 is 5.32 Å². The minimum atomic E-state index is 0.706. The maximum atomic E-state index is 5.46. The van der Waals surface area contributed by atoms with Gasteiger partial charge in [-0.3, -0.25) is 4.98 Å². The van der Waals surface area contributed by atoms with Gasteiger partial charge in [0.25, 0.3) is 0 Å². The Morgan fingerprint density at radius 1 is 1.33 bits per heavy atom. The first-order valence-corrected chi connectivity index (χ1v) is 5.36. The SMILES string of the molecule is CC(C)CCOCCNc1cnccn1. The zero-order valence-corrected chi connectivity index (χ0v) is 9.44. The highest BCUT2D eigenvalue weighted by Crippen LogP contribution is 1.99. The molecular formula is C11H19N3O. The van der Waals surface area contributed by atoms with E-state index >= 15 is 0 Å². The van der Waals surface area contributed by atoms with E-state index < -0.39 is 0 Å². The van der Waals surface area contributed by atoms with E-state index in [0.717, 1.165) is 25.4 Å². The quantitative estimate of drug-likeness (QED) is 0.697. The summed E-state index contributed by atoms with van der Waals surface area (Å²) < 4.78 is 5.46. The Hall–Kier alpha value is -1.16. The van der Waals surface area contributed by atoms with Crippen molar-refractivity contribution in [3.05, 3.63) is 18.6 Å². The Labute approximate surface area is 91.1 Å². The maximum Gasteiger partial charge on any atom is 0.144 e. The summed E-state index contributed by atoms with van der Waals surface area (Å²) in [4.78, 5) is 8.05. The number of hydrogen-bond donors (Lipinski definition) is 1. The van der Waals surface area contributed by atoms with Crippen molar-refractivity contribution in [1.29, 1.82) is 0 Å². The minimum Gasteiger partial charge on any atom is -0.380 e. The second-order valence-electron chi connectivity index (χ2n) is 3.81. The molecule has 0 atom stereocenters. The van der Waals surface area contributed by atoms with Crippen molar-refractivity contribution >= 4 is 5.82 Å². The van der Waals surface area contributed by atoms with Gasteiger partial charge in [-0.05, 0) is 12.3 Å². The lowest BCUT2D eigenvalue weighted by Crippen LogP contribution is -2.11. The Balaban J connectivity index is 1.98. The molecule has 0 spiro atoms. The lowest BCUT2D eigenvalue weighted by Gasteiger charge is -2.07. The summed E-state index contributed by atoms with van der Waals surface area (Å²) in [5.41, 5.74) is 0. The lowest BCUT2D eigenvalue weighted by molar-refractivity contribution is 0.132. The van der Waals surface area contributed by atoms with Crippen LogP contribution in [-0.2, 0) is 4.74 Å². The van der Waals surface area contributed by atoms with Gasteiger partial charge in [-0.15, -0.1) is 0 Å². The number of anilines is 1. The molecule has 1 heterocycles. The molecule has 1 N–H and O–H groups in total. The van der Waals surface area contributed by atoms with Crippen molar-refractivity contribution in [3.8, 4) is 0 Å². The predicted octanol–water partition coefficient (Wildman–Crippen LogP) is 1.95. The first-order chi connectivity index (χ1) is 7.29. The summed E-state index contributed by atoms with van der Waals surface area (Å²) >= 11 is 0. The molecule has 0 amide bonds. The van der Waals surface area contributed by atoms with E-state index in [-0.39, 0.29) is 0 Å². The van der Waals surface area contributed by atoms with Crippen LogP contribution in [0.3, 0.4) is 0 Å². The van der Waals surface area contributed by atoms with E-state index in [2.05, 4.69) is 29.1 Å². The first-order valence-electron chi connectivity index (χ1n) is 5.36. The van der Waals surface area contributed by atoms with E-state index in [1.54, 1.807) is 18.6 Å². The summed E-state index contributed by atoms with van der Waals surface area (Å²) in [5, 5.41) is 3.13. The molecule has 0 aromatic carbocycles. The Morgan fingerprint density at radius 3 is 2.87 bits per heavy atom. The van der Waals surface area contributed by atoms with Crippen LogP contribution in [0.1, 0.15) is 20.3 Å². The first kappa shape index (κ1) is 11.9. The van der Waals surface area contributed by atoms with Crippen molar-refractivity contribution in [2.24, 2.45) is 5.92 Å². The highest BCUT2D eigenvalue weighted by Gasteiger charge is 1.94. The summed E-state index contributed by atoms with van der Waals surface area (Å²) in [6, 6.07) is 0. The van der Waals surface area contributed by atoms with Gasteiger partial charge in [-0.1, -0.05) is 13.8 Å². The normalized spacial score (nSPS) is 10.6. The highest BCUT2D eigenvalue weighted by atomic mass is 16.5. The fourth-order valence-corrected chi connectivity index (χ4v) is 1.06. The van der Waals surface area contributed by atoms with Gasteiger partial charge >= 0.3 is 0 Å². The molecular weight excluding hydrogens is 190 g/mol. The molecule has 1 rings (SSSR count). The monoisotopic (exact) mass is 209 g/mol. The molecule has 0 radical (unpaired) electrons. The van der Waals surface area contributed by atoms with Gasteiger partial charge in [-0.25, -0.2) is 4.98 Å². The topological polar surface area (TPSA) is 47.0 Å². The van der Waals surface area contributed by atoms with Crippen molar-refractivity contribution in [2.75, 3.05) is 25.1 Å². The van der Waals surface area contributed by atoms with Crippen LogP contribution in [0.15, 0.2) is 18.6 Å². The number of ether oxygens (including phenoxy) is 1. The maximum absolute atomic E-state index is 5.46. The molecule has 4 heteroatoms. The van der Waals surface area contributed by atoms with Gasteiger partial charge in [-0.2, -0.15) is 0 Å². The molecule has 1 aromatic rings. The van der Waals surface area contributed by atoms with Crippen LogP contribution in [0.5, 0.6) is 0 Å². The molecule has 0 fully saturated rings. The van der Waals surface area contributed by atoms with E-state index in [0.29, 0.717) is 12.5 Å². The van der Waals surface area contributed by atoms with Crippen LogP contribution >= 0.6 is 0 Å². The van der Waals surface area contributed by atoms with Crippen LogP contribution in [-0.4, -0.2) is 29.7 Å². The summed E-state index contributed by atoms with van der Waals surface area (Å²) in [7, 11) is 0. The molecule has 0 saturated heterocycles. The zero-order chi connectivity index (χ0) is 10.9. The number of hydrogen-bond acceptors (Lipinski definition) is 4. The van der Waals surface area contributed by atoms with E-state index in [9.17, 15) is 0 Å². The fraction of sp³-hybridized carbons (Fsp3) is 0.636. The third-order valence-electron chi connectivity index (χ3n) is 1.96. The highest BCUT2D eigenvalue weighted by molar-refractivity contribution is 5.29. The fourth-order valence-electron chi connectivity index (χ4n) is 1.06. The number of aromatic nitrogens is 2. The van der Waals surface area contributed by atoms with Gasteiger partial charge in [0, 0.05) is 25.5 Å². The molecule has 0 aliphatic carbocycles. The molecule has 84 valence electrons. The molecule has 0 bridgehead atoms. The summed E-state index contributed by atoms with van der Waals surface area (Å²) in [6.07, 6.45) is 6.14. The van der Waals surface area contributed by atoms with Crippen molar-refractivity contribution in [2.45, 2.75) is 20.3 Å². The molecule has 0 saturated carbocycles. The van der Waals surface area contributed by atoms with Crippen molar-refractivity contribution in [3.63, 3.8) is 0 Å². The van der Waals surface area contributed by atoms with E-state index in [4.69, 9.17) is 4.74 Å². The number of rotatable bonds is 7. The van der Waals surface area contributed by atoms with Gasteiger partial charge in [0.05, 0.1) is 12.8 Å². The van der Waals surface area contributed by atoms with E-state index in [1.807, 2.05) is 0 Å². The Bertz CT molecular complexity index is 251. The average molecular weight is 209 g/mol. The van der Waals surface area contributed by atoms with Crippen molar-refractivity contribution < 1.29 is 4.74 Å². The number of nitrogens with one attached hydrogen (secondary N) is 1. The second kappa shape index (κ2) is 7.17. The zero-order valence-electron chi connectivity index (χ0n) is 9.44. The molecule has 1 aromatic heterocycles. The largest absolute Gasteiger partial charge is 0.380 e.